The fourth-order valence-electron chi connectivity index (χ4n) is 5.55. The van der Waals surface area contributed by atoms with Crippen LogP contribution in [0.1, 0.15) is 49.0 Å². The van der Waals surface area contributed by atoms with Crippen molar-refractivity contribution in [3.63, 3.8) is 0 Å². The van der Waals surface area contributed by atoms with E-state index in [4.69, 9.17) is 4.74 Å². The number of hydrogen-bond donors (Lipinski definition) is 1. The number of aromatic amines is 1. The van der Waals surface area contributed by atoms with Crippen LogP contribution >= 0.6 is 0 Å². The van der Waals surface area contributed by atoms with Crippen molar-refractivity contribution in [3.8, 4) is 5.75 Å². The van der Waals surface area contributed by atoms with Gasteiger partial charge in [0.2, 0.25) is 0 Å². The molecule has 3 heterocycles. The molecule has 0 radical (unpaired) electrons. The predicted octanol–water partition coefficient (Wildman–Crippen LogP) is 6.13. The number of benzene rings is 2. The van der Waals surface area contributed by atoms with Crippen molar-refractivity contribution in [1.82, 2.24) is 14.8 Å². The Morgan fingerprint density at radius 2 is 1.94 bits per heavy atom. The summed E-state index contributed by atoms with van der Waals surface area (Å²) in [6.45, 7) is 8.59. The molecule has 1 aromatic heterocycles. The van der Waals surface area contributed by atoms with E-state index in [9.17, 15) is 4.39 Å². The normalized spacial score (nSPS) is 20.4. The van der Waals surface area contributed by atoms with Gasteiger partial charge < -0.3 is 14.6 Å². The first-order valence-electron chi connectivity index (χ1n) is 12.5. The maximum Gasteiger partial charge on any atom is 0.135 e. The second kappa shape index (κ2) is 9.97. The quantitative estimate of drug-likeness (QED) is 0.418. The van der Waals surface area contributed by atoms with E-state index < -0.39 is 17.7 Å². The molecule has 0 unspecified atom stereocenters. The SMILES string of the molecule is C=C(CC)N1CCc2c([nH]c3ccccc23)[C@H]1c1c(F)cc(O[C@H]2CCN(CCCF)C2)cc1F. The van der Waals surface area contributed by atoms with Gasteiger partial charge in [0.15, 0.2) is 0 Å². The second-order valence-electron chi connectivity index (χ2n) is 9.50. The van der Waals surface area contributed by atoms with Gasteiger partial charge in [0, 0.05) is 60.6 Å². The van der Waals surface area contributed by atoms with Crippen LogP contribution in [-0.4, -0.2) is 53.7 Å². The molecule has 2 aromatic carbocycles. The molecule has 4 nitrogen and oxygen atoms in total. The van der Waals surface area contributed by atoms with E-state index in [0.717, 1.165) is 47.2 Å². The van der Waals surface area contributed by atoms with Crippen LogP contribution < -0.4 is 4.74 Å². The highest BCUT2D eigenvalue weighted by Crippen LogP contribution is 2.42. The molecule has 1 saturated heterocycles. The molecule has 1 fully saturated rings. The lowest BCUT2D eigenvalue weighted by Crippen LogP contribution is -2.36. The average Bonchev–Trinajstić information content (AvgIpc) is 3.46. The zero-order valence-electron chi connectivity index (χ0n) is 20.1. The first kappa shape index (κ1) is 23.8. The van der Waals surface area contributed by atoms with Gasteiger partial charge in [0.25, 0.3) is 0 Å². The molecule has 2 atom stereocenters. The lowest BCUT2D eigenvalue weighted by Gasteiger charge is -2.39. The summed E-state index contributed by atoms with van der Waals surface area (Å²) in [5.74, 6) is -1.06. The Morgan fingerprint density at radius 3 is 2.69 bits per heavy atom. The second-order valence-corrected chi connectivity index (χ2v) is 9.50. The minimum absolute atomic E-state index is 0.00968. The summed E-state index contributed by atoms with van der Waals surface area (Å²) >= 11 is 0. The molecule has 7 heteroatoms. The summed E-state index contributed by atoms with van der Waals surface area (Å²) in [5, 5.41) is 1.09. The zero-order chi connectivity index (χ0) is 24.5. The number of likely N-dealkylation sites (tertiary alicyclic amines) is 1. The number of nitrogens with zero attached hydrogens (tertiary/aromatic N) is 2. The number of alkyl halides is 1. The Bertz CT molecular complexity index is 1200. The summed E-state index contributed by atoms with van der Waals surface area (Å²) in [7, 11) is 0. The molecule has 0 aliphatic carbocycles. The summed E-state index contributed by atoms with van der Waals surface area (Å²) in [6.07, 6.45) is 2.55. The monoisotopic (exact) mass is 483 g/mol. The van der Waals surface area contributed by atoms with Gasteiger partial charge in [-0.3, -0.25) is 9.29 Å². The number of fused-ring (bicyclic) bond motifs is 3. The van der Waals surface area contributed by atoms with E-state index in [1.807, 2.05) is 36.1 Å². The van der Waals surface area contributed by atoms with Gasteiger partial charge in [-0.05, 0) is 37.3 Å². The Hall–Kier alpha value is -2.93. The Labute approximate surface area is 204 Å². The summed E-state index contributed by atoms with van der Waals surface area (Å²) < 4.78 is 49.7. The van der Waals surface area contributed by atoms with Gasteiger partial charge in [-0.15, -0.1) is 0 Å². The van der Waals surface area contributed by atoms with E-state index in [0.29, 0.717) is 32.5 Å². The van der Waals surface area contributed by atoms with Crippen molar-refractivity contribution >= 4 is 10.9 Å². The largest absolute Gasteiger partial charge is 0.489 e. The van der Waals surface area contributed by atoms with Crippen LogP contribution in [-0.2, 0) is 6.42 Å². The maximum absolute atomic E-state index is 15.7. The van der Waals surface area contributed by atoms with Gasteiger partial charge in [-0.2, -0.15) is 0 Å². The highest BCUT2D eigenvalue weighted by molar-refractivity contribution is 5.85. The van der Waals surface area contributed by atoms with Gasteiger partial charge in [-0.25, -0.2) is 8.78 Å². The van der Waals surface area contributed by atoms with Crippen LogP contribution in [0.25, 0.3) is 10.9 Å². The molecular formula is C28H32F3N3O. The predicted molar refractivity (Wildman–Crippen MR) is 132 cm³/mol. The minimum Gasteiger partial charge on any atom is -0.489 e. The van der Waals surface area contributed by atoms with Gasteiger partial charge in [-0.1, -0.05) is 31.7 Å². The molecule has 0 spiro atoms. The number of rotatable bonds is 8. The van der Waals surface area contributed by atoms with Gasteiger partial charge in [0.05, 0.1) is 12.2 Å². The van der Waals surface area contributed by atoms with Crippen LogP contribution in [0, 0.1) is 11.6 Å². The summed E-state index contributed by atoms with van der Waals surface area (Å²) in [6, 6.07) is 9.95. The van der Waals surface area contributed by atoms with Crippen LogP contribution in [0.15, 0.2) is 48.7 Å². The molecule has 3 aromatic rings. The highest BCUT2D eigenvalue weighted by atomic mass is 19.1. The number of halogens is 3. The lowest BCUT2D eigenvalue weighted by atomic mass is 9.91. The minimum atomic E-state index is -0.629. The third-order valence-electron chi connectivity index (χ3n) is 7.31. The summed E-state index contributed by atoms with van der Waals surface area (Å²) in [4.78, 5) is 7.58. The van der Waals surface area contributed by atoms with Crippen LogP contribution in [0.3, 0.4) is 0 Å². The van der Waals surface area contributed by atoms with Crippen LogP contribution in [0.4, 0.5) is 13.2 Å². The molecule has 186 valence electrons. The number of aromatic nitrogens is 1. The number of para-hydroxylation sites is 1. The van der Waals surface area contributed by atoms with E-state index in [1.54, 1.807) is 0 Å². The molecule has 2 aliphatic rings. The fourth-order valence-corrected chi connectivity index (χ4v) is 5.55. The van der Waals surface area contributed by atoms with Gasteiger partial charge >= 0.3 is 0 Å². The molecule has 35 heavy (non-hydrogen) atoms. The molecule has 0 amide bonds. The van der Waals surface area contributed by atoms with Crippen molar-refractivity contribution in [2.24, 2.45) is 0 Å². The van der Waals surface area contributed by atoms with Crippen molar-refractivity contribution in [1.29, 1.82) is 0 Å². The molecule has 1 N–H and O–H groups in total. The zero-order valence-corrected chi connectivity index (χ0v) is 20.1. The molecule has 5 rings (SSSR count). The molecule has 0 saturated carbocycles. The third-order valence-corrected chi connectivity index (χ3v) is 7.31. The van der Waals surface area contributed by atoms with Gasteiger partial charge in [0.1, 0.15) is 29.5 Å². The Morgan fingerprint density at radius 1 is 1.17 bits per heavy atom. The van der Waals surface area contributed by atoms with E-state index >= 15 is 8.78 Å². The average molecular weight is 484 g/mol. The third kappa shape index (κ3) is 4.54. The van der Waals surface area contributed by atoms with E-state index in [-0.39, 0.29) is 24.1 Å². The van der Waals surface area contributed by atoms with E-state index in [1.165, 1.54) is 12.1 Å². The fraction of sp³-hybridized carbons (Fsp3) is 0.429. The van der Waals surface area contributed by atoms with Crippen LogP contribution in [0.5, 0.6) is 5.75 Å². The van der Waals surface area contributed by atoms with Crippen molar-refractivity contribution < 1.29 is 17.9 Å². The first-order chi connectivity index (χ1) is 17.0. The highest BCUT2D eigenvalue weighted by Gasteiger charge is 2.36. The molecule has 2 aliphatic heterocycles. The number of ether oxygens (including phenoxy) is 1. The smallest absolute Gasteiger partial charge is 0.135 e. The summed E-state index contributed by atoms with van der Waals surface area (Å²) in [5.41, 5.74) is 3.74. The lowest BCUT2D eigenvalue weighted by molar-refractivity contribution is 0.196. The topological polar surface area (TPSA) is 31.5 Å². The molecule has 0 bridgehead atoms. The number of nitrogens with one attached hydrogen (secondary N) is 1. The standard InChI is InChI=1S/C28H32F3N3O/c1-3-18(2)34-14-10-22-21-7-4-5-8-25(21)32-27(22)28(34)26-23(30)15-20(16-24(26)31)35-19-9-13-33(17-19)12-6-11-29/h4-5,7-8,15-16,19,28,32H,2-3,6,9-14,17H2,1H3/t19-,28+/m0/s1. The first-order valence-corrected chi connectivity index (χ1v) is 12.5. The molecular weight excluding hydrogens is 451 g/mol. The Kier molecular flexibility index (Phi) is 6.78. The maximum atomic E-state index is 15.7. The number of hydrogen-bond acceptors (Lipinski definition) is 3. The van der Waals surface area contributed by atoms with Crippen LogP contribution in [0.2, 0.25) is 0 Å². The van der Waals surface area contributed by atoms with Crippen molar-refractivity contribution in [3.05, 3.63) is 77.1 Å². The Balaban J connectivity index is 1.48. The van der Waals surface area contributed by atoms with Crippen molar-refractivity contribution in [2.75, 3.05) is 32.9 Å². The van der Waals surface area contributed by atoms with E-state index in [2.05, 4.69) is 16.5 Å². The number of allylic oxidation sites excluding steroid dienone is 1. The number of H-pyrrole nitrogens is 1. The van der Waals surface area contributed by atoms with Crippen molar-refractivity contribution in [2.45, 2.75) is 44.8 Å².